The molecular formula is C29H34FN3O5S. The van der Waals surface area contributed by atoms with E-state index in [1.165, 1.54) is 54.5 Å². The predicted octanol–water partition coefficient (Wildman–Crippen LogP) is 4.36. The van der Waals surface area contributed by atoms with E-state index in [1.807, 2.05) is 6.92 Å². The highest BCUT2D eigenvalue weighted by molar-refractivity contribution is 7.92. The molecule has 0 saturated carbocycles. The van der Waals surface area contributed by atoms with Crippen molar-refractivity contribution in [3.05, 3.63) is 90.2 Å². The second kappa shape index (κ2) is 13.7. The van der Waals surface area contributed by atoms with Crippen LogP contribution in [0.3, 0.4) is 0 Å². The Morgan fingerprint density at radius 2 is 1.69 bits per heavy atom. The SMILES string of the molecule is CCCCNC(=O)C(C)N(Cc1ccc(F)cc1)C(=O)CN(c1cccc(OC)c1)S(=O)(=O)c1ccccc1. The average molecular weight is 556 g/mol. The highest BCUT2D eigenvalue weighted by Gasteiger charge is 2.32. The van der Waals surface area contributed by atoms with Gasteiger partial charge in [0.15, 0.2) is 0 Å². The standard InChI is InChI=1S/C29H34FN3O5S/c1-4-5-18-31-29(35)22(2)32(20-23-14-16-24(30)17-15-23)28(34)21-33(25-10-9-11-26(19-25)38-3)39(36,37)27-12-7-6-8-13-27/h6-17,19,22H,4-5,18,20-21H2,1-3H3,(H,31,35). The third-order valence-electron chi connectivity index (χ3n) is 6.21. The summed E-state index contributed by atoms with van der Waals surface area (Å²) in [6.07, 6.45) is 1.67. The van der Waals surface area contributed by atoms with Crippen LogP contribution in [0.2, 0.25) is 0 Å². The topological polar surface area (TPSA) is 96.0 Å². The molecule has 39 heavy (non-hydrogen) atoms. The van der Waals surface area contributed by atoms with Crippen molar-refractivity contribution < 1.29 is 27.1 Å². The van der Waals surface area contributed by atoms with Crippen molar-refractivity contribution in [2.75, 3.05) is 24.5 Å². The molecular weight excluding hydrogens is 521 g/mol. The summed E-state index contributed by atoms with van der Waals surface area (Å²) >= 11 is 0. The molecule has 1 N–H and O–H groups in total. The number of ether oxygens (including phenoxy) is 1. The summed E-state index contributed by atoms with van der Waals surface area (Å²) in [5.74, 6) is -0.974. The van der Waals surface area contributed by atoms with E-state index < -0.39 is 34.3 Å². The number of unbranched alkanes of at least 4 members (excludes halogenated alkanes) is 1. The Bertz CT molecular complexity index is 1350. The van der Waals surface area contributed by atoms with Crippen molar-refractivity contribution in [2.24, 2.45) is 0 Å². The van der Waals surface area contributed by atoms with Crippen LogP contribution in [0.4, 0.5) is 10.1 Å². The number of nitrogens with one attached hydrogen (secondary N) is 1. The number of rotatable bonds is 13. The first-order chi connectivity index (χ1) is 18.7. The van der Waals surface area contributed by atoms with Crippen LogP contribution in [0, 0.1) is 5.82 Å². The van der Waals surface area contributed by atoms with E-state index in [-0.39, 0.29) is 23.0 Å². The van der Waals surface area contributed by atoms with Gasteiger partial charge in [0.1, 0.15) is 24.2 Å². The Kier molecular flexibility index (Phi) is 10.4. The van der Waals surface area contributed by atoms with E-state index >= 15 is 0 Å². The molecule has 8 nitrogen and oxygen atoms in total. The third kappa shape index (κ3) is 7.79. The summed E-state index contributed by atoms with van der Waals surface area (Å²) in [6, 6.07) is 18.9. The molecule has 10 heteroatoms. The van der Waals surface area contributed by atoms with Gasteiger partial charge in [-0.1, -0.05) is 49.7 Å². The Morgan fingerprint density at radius 1 is 1.00 bits per heavy atom. The summed E-state index contributed by atoms with van der Waals surface area (Å²) in [4.78, 5) is 28.1. The van der Waals surface area contributed by atoms with E-state index in [4.69, 9.17) is 4.74 Å². The molecule has 0 radical (unpaired) electrons. The molecule has 3 rings (SSSR count). The monoisotopic (exact) mass is 555 g/mol. The van der Waals surface area contributed by atoms with Crippen LogP contribution in [0.15, 0.2) is 83.8 Å². The maximum Gasteiger partial charge on any atom is 0.264 e. The van der Waals surface area contributed by atoms with Crippen LogP contribution >= 0.6 is 0 Å². The fourth-order valence-corrected chi connectivity index (χ4v) is 5.35. The van der Waals surface area contributed by atoms with E-state index in [1.54, 1.807) is 43.3 Å². The van der Waals surface area contributed by atoms with Crippen molar-refractivity contribution >= 4 is 27.5 Å². The van der Waals surface area contributed by atoms with Gasteiger partial charge in [0.25, 0.3) is 10.0 Å². The van der Waals surface area contributed by atoms with Crippen LogP contribution in [-0.2, 0) is 26.2 Å². The number of nitrogens with zero attached hydrogens (tertiary/aromatic N) is 2. The summed E-state index contributed by atoms with van der Waals surface area (Å²) in [5, 5.41) is 2.83. The maximum atomic E-state index is 13.8. The molecule has 0 bridgehead atoms. The van der Waals surface area contributed by atoms with Crippen LogP contribution in [-0.4, -0.2) is 51.4 Å². The molecule has 0 fully saturated rings. The molecule has 0 aliphatic heterocycles. The van der Waals surface area contributed by atoms with E-state index in [2.05, 4.69) is 5.32 Å². The number of anilines is 1. The quantitative estimate of drug-likeness (QED) is 0.316. The molecule has 0 aliphatic rings. The lowest BCUT2D eigenvalue weighted by atomic mass is 10.1. The Balaban J connectivity index is 2.00. The minimum absolute atomic E-state index is 0.0102. The van der Waals surface area contributed by atoms with Gasteiger partial charge in [-0.05, 0) is 55.3 Å². The number of sulfonamides is 1. The first kappa shape index (κ1) is 29.6. The predicted molar refractivity (Wildman–Crippen MR) is 148 cm³/mol. The smallest absolute Gasteiger partial charge is 0.264 e. The molecule has 3 aromatic carbocycles. The van der Waals surface area contributed by atoms with Gasteiger partial charge in [0, 0.05) is 19.2 Å². The maximum absolute atomic E-state index is 13.8. The number of hydrogen-bond acceptors (Lipinski definition) is 5. The minimum atomic E-state index is -4.17. The Hall–Kier alpha value is -3.92. The lowest BCUT2D eigenvalue weighted by Crippen LogP contribution is -2.51. The number of halogens is 1. The summed E-state index contributed by atoms with van der Waals surface area (Å²) in [5.41, 5.74) is 0.824. The van der Waals surface area contributed by atoms with Crippen LogP contribution in [0.25, 0.3) is 0 Å². The molecule has 1 atom stereocenters. The normalized spacial score (nSPS) is 11.9. The summed E-state index contributed by atoms with van der Waals surface area (Å²) < 4.78 is 47.3. The van der Waals surface area contributed by atoms with Crippen molar-refractivity contribution in [1.82, 2.24) is 10.2 Å². The molecule has 0 saturated heterocycles. The number of hydrogen-bond donors (Lipinski definition) is 1. The van der Waals surface area contributed by atoms with Gasteiger partial charge in [0.05, 0.1) is 17.7 Å². The number of carbonyl (C=O) groups is 2. The van der Waals surface area contributed by atoms with Crippen molar-refractivity contribution in [3.8, 4) is 5.75 Å². The number of amides is 2. The van der Waals surface area contributed by atoms with Gasteiger partial charge in [-0.15, -0.1) is 0 Å². The molecule has 0 spiro atoms. The second-order valence-electron chi connectivity index (χ2n) is 8.99. The van der Waals surface area contributed by atoms with Gasteiger partial charge in [-0.2, -0.15) is 0 Å². The Morgan fingerprint density at radius 3 is 2.33 bits per heavy atom. The molecule has 2 amide bonds. The van der Waals surface area contributed by atoms with Crippen LogP contribution in [0.1, 0.15) is 32.3 Å². The second-order valence-corrected chi connectivity index (χ2v) is 10.9. The van der Waals surface area contributed by atoms with Gasteiger partial charge in [-0.25, -0.2) is 12.8 Å². The van der Waals surface area contributed by atoms with E-state index in [9.17, 15) is 22.4 Å². The fourth-order valence-electron chi connectivity index (χ4n) is 3.92. The minimum Gasteiger partial charge on any atom is -0.497 e. The van der Waals surface area contributed by atoms with Crippen molar-refractivity contribution in [1.29, 1.82) is 0 Å². The third-order valence-corrected chi connectivity index (χ3v) is 8.00. The summed E-state index contributed by atoms with van der Waals surface area (Å²) in [7, 11) is -2.71. The number of methoxy groups -OCH3 is 1. The number of benzene rings is 3. The van der Waals surface area contributed by atoms with Crippen LogP contribution in [0.5, 0.6) is 5.75 Å². The Labute approximate surface area is 229 Å². The number of carbonyl (C=O) groups excluding carboxylic acids is 2. The van der Waals surface area contributed by atoms with Crippen LogP contribution < -0.4 is 14.4 Å². The molecule has 3 aromatic rings. The van der Waals surface area contributed by atoms with Gasteiger partial charge in [0.2, 0.25) is 11.8 Å². The molecule has 0 aliphatic carbocycles. The summed E-state index contributed by atoms with van der Waals surface area (Å²) in [6.45, 7) is 3.46. The zero-order chi connectivity index (χ0) is 28.4. The lowest BCUT2D eigenvalue weighted by Gasteiger charge is -2.32. The van der Waals surface area contributed by atoms with Gasteiger partial charge < -0.3 is 15.0 Å². The molecule has 0 aromatic heterocycles. The van der Waals surface area contributed by atoms with Gasteiger partial charge >= 0.3 is 0 Å². The zero-order valence-corrected chi connectivity index (χ0v) is 23.2. The van der Waals surface area contributed by atoms with Crippen molar-refractivity contribution in [2.45, 2.75) is 44.2 Å². The van der Waals surface area contributed by atoms with E-state index in [0.29, 0.717) is 17.9 Å². The highest BCUT2D eigenvalue weighted by atomic mass is 32.2. The highest BCUT2D eigenvalue weighted by Crippen LogP contribution is 2.27. The van der Waals surface area contributed by atoms with E-state index in [0.717, 1.165) is 17.1 Å². The first-order valence-corrected chi connectivity index (χ1v) is 14.1. The lowest BCUT2D eigenvalue weighted by molar-refractivity contribution is -0.139. The fraction of sp³-hybridized carbons (Fsp3) is 0.310. The largest absolute Gasteiger partial charge is 0.497 e. The molecule has 0 heterocycles. The molecule has 208 valence electrons. The average Bonchev–Trinajstić information content (AvgIpc) is 2.95. The first-order valence-electron chi connectivity index (χ1n) is 12.7. The molecule has 1 unspecified atom stereocenters. The van der Waals surface area contributed by atoms with Crippen molar-refractivity contribution in [3.63, 3.8) is 0 Å². The van der Waals surface area contributed by atoms with Gasteiger partial charge in [-0.3, -0.25) is 13.9 Å². The zero-order valence-electron chi connectivity index (χ0n) is 22.3.